The number of rotatable bonds is 6. The SMILES string of the molecule is COC(=O)[C@@H](c1ccccc1)N1CC(C)(C)CC1(C)C[Se]c1ccccc1. The van der Waals surface area contributed by atoms with E-state index < -0.39 is 0 Å². The van der Waals surface area contributed by atoms with Crippen molar-refractivity contribution in [2.75, 3.05) is 13.7 Å². The molecule has 3 rings (SSSR count). The van der Waals surface area contributed by atoms with Crippen LogP contribution < -0.4 is 4.46 Å². The standard InChI is InChI=1S/C23H29NO2Se/c1-22(2)15-23(3,17-27-19-13-9-6-10-14-19)24(16-22)20(21(25)26-4)18-11-7-5-8-12-18/h5-14,20H,15-17H2,1-4H3/t20-,23?/m1/s1. The number of carbonyl (C=O) groups is 1. The quantitative estimate of drug-likeness (QED) is 0.515. The summed E-state index contributed by atoms with van der Waals surface area (Å²) in [5.74, 6) is -0.169. The predicted octanol–water partition coefficient (Wildman–Crippen LogP) is 3.84. The van der Waals surface area contributed by atoms with Gasteiger partial charge in [0.1, 0.15) is 0 Å². The van der Waals surface area contributed by atoms with Gasteiger partial charge in [-0.2, -0.15) is 0 Å². The van der Waals surface area contributed by atoms with Crippen LogP contribution in [0.3, 0.4) is 0 Å². The van der Waals surface area contributed by atoms with E-state index in [4.69, 9.17) is 4.74 Å². The van der Waals surface area contributed by atoms with Gasteiger partial charge < -0.3 is 0 Å². The fourth-order valence-electron chi connectivity index (χ4n) is 4.32. The zero-order chi connectivity index (χ0) is 19.5. The van der Waals surface area contributed by atoms with Gasteiger partial charge in [-0.15, -0.1) is 0 Å². The van der Waals surface area contributed by atoms with E-state index in [0.717, 1.165) is 23.8 Å². The number of esters is 1. The van der Waals surface area contributed by atoms with Crippen molar-refractivity contribution < 1.29 is 9.53 Å². The van der Waals surface area contributed by atoms with Gasteiger partial charge in [0.15, 0.2) is 0 Å². The molecule has 1 saturated heterocycles. The molecule has 1 fully saturated rings. The molecule has 1 heterocycles. The number of methoxy groups -OCH3 is 1. The summed E-state index contributed by atoms with van der Waals surface area (Å²) in [6, 6.07) is 20.4. The van der Waals surface area contributed by atoms with Crippen LogP contribution in [0.4, 0.5) is 0 Å². The number of benzene rings is 2. The Bertz CT molecular complexity index is 762. The molecule has 144 valence electrons. The third-order valence-corrected chi connectivity index (χ3v) is 8.17. The van der Waals surface area contributed by atoms with Crippen molar-refractivity contribution in [3.05, 3.63) is 66.2 Å². The van der Waals surface area contributed by atoms with Gasteiger partial charge in [0.25, 0.3) is 0 Å². The van der Waals surface area contributed by atoms with E-state index in [9.17, 15) is 4.79 Å². The molecule has 0 aliphatic carbocycles. The summed E-state index contributed by atoms with van der Waals surface area (Å²) < 4.78 is 6.64. The van der Waals surface area contributed by atoms with Gasteiger partial charge in [0.05, 0.1) is 0 Å². The molecule has 1 aliphatic rings. The van der Waals surface area contributed by atoms with Crippen LogP contribution in [-0.2, 0) is 9.53 Å². The van der Waals surface area contributed by atoms with Crippen LogP contribution in [0.15, 0.2) is 60.7 Å². The molecule has 2 aromatic rings. The summed E-state index contributed by atoms with van der Waals surface area (Å²) in [6.45, 7) is 7.83. The van der Waals surface area contributed by atoms with Crippen LogP contribution in [0.5, 0.6) is 0 Å². The van der Waals surface area contributed by atoms with E-state index in [1.54, 1.807) is 0 Å². The van der Waals surface area contributed by atoms with Gasteiger partial charge in [-0.25, -0.2) is 0 Å². The molecule has 0 aromatic heterocycles. The van der Waals surface area contributed by atoms with E-state index >= 15 is 0 Å². The van der Waals surface area contributed by atoms with Gasteiger partial charge in [0.2, 0.25) is 0 Å². The minimum atomic E-state index is -0.352. The van der Waals surface area contributed by atoms with Crippen LogP contribution in [-0.4, -0.2) is 45.0 Å². The number of carbonyl (C=O) groups excluding carboxylic acids is 1. The summed E-state index contributed by atoms with van der Waals surface area (Å²) in [5.41, 5.74) is 1.15. The maximum atomic E-state index is 12.8. The van der Waals surface area contributed by atoms with Gasteiger partial charge in [-0.1, -0.05) is 0 Å². The van der Waals surface area contributed by atoms with E-state index in [0.29, 0.717) is 15.0 Å². The van der Waals surface area contributed by atoms with Crippen LogP contribution in [0.2, 0.25) is 5.32 Å². The first-order valence-corrected chi connectivity index (χ1v) is 11.5. The first kappa shape index (κ1) is 20.1. The molecule has 0 bridgehead atoms. The zero-order valence-electron chi connectivity index (χ0n) is 16.6. The monoisotopic (exact) mass is 431 g/mol. The third kappa shape index (κ3) is 4.63. The van der Waals surface area contributed by atoms with E-state index in [2.05, 4.69) is 56.0 Å². The van der Waals surface area contributed by atoms with Crippen molar-refractivity contribution in [3.8, 4) is 0 Å². The maximum absolute atomic E-state index is 12.8. The average molecular weight is 430 g/mol. The van der Waals surface area contributed by atoms with Crippen LogP contribution >= 0.6 is 0 Å². The van der Waals surface area contributed by atoms with Crippen molar-refractivity contribution in [2.24, 2.45) is 5.41 Å². The van der Waals surface area contributed by atoms with Crippen molar-refractivity contribution in [1.82, 2.24) is 4.90 Å². The molecular weight excluding hydrogens is 401 g/mol. The topological polar surface area (TPSA) is 29.5 Å². The summed E-state index contributed by atoms with van der Waals surface area (Å²) in [5, 5.41) is 1.08. The Kier molecular flexibility index (Phi) is 6.10. The number of ether oxygens (including phenoxy) is 1. The molecule has 2 aromatic carbocycles. The van der Waals surface area contributed by atoms with Crippen molar-refractivity contribution >= 4 is 25.4 Å². The molecule has 1 unspecified atom stereocenters. The third-order valence-electron chi connectivity index (χ3n) is 5.30. The fourth-order valence-corrected chi connectivity index (χ4v) is 6.62. The van der Waals surface area contributed by atoms with E-state index in [1.165, 1.54) is 11.6 Å². The second-order valence-electron chi connectivity index (χ2n) is 8.40. The van der Waals surface area contributed by atoms with Crippen LogP contribution in [0.1, 0.15) is 38.8 Å². The molecule has 3 nitrogen and oxygen atoms in total. The Balaban J connectivity index is 1.92. The molecule has 0 N–H and O–H groups in total. The first-order valence-electron chi connectivity index (χ1n) is 9.42. The Hall–Kier alpha value is -1.61. The van der Waals surface area contributed by atoms with Gasteiger partial charge in [-0.05, 0) is 0 Å². The molecule has 27 heavy (non-hydrogen) atoms. The van der Waals surface area contributed by atoms with Gasteiger partial charge in [-0.3, -0.25) is 0 Å². The molecule has 0 spiro atoms. The molecule has 4 heteroatoms. The molecule has 2 atom stereocenters. The van der Waals surface area contributed by atoms with E-state index in [-0.39, 0.29) is 23.0 Å². The molecule has 0 radical (unpaired) electrons. The number of nitrogens with zero attached hydrogens (tertiary/aromatic N) is 1. The predicted molar refractivity (Wildman–Crippen MR) is 111 cm³/mol. The summed E-state index contributed by atoms with van der Waals surface area (Å²) >= 11 is 0.367. The summed E-state index contributed by atoms with van der Waals surface area (Å²) in [6.07, 6.45) is 1.08. The van der Waals surface area contributed by atoms with Gasteiger partial charge in [0, 0.05) is 0 Å². The Morgan fingerprint density at radius 1 is 1.07 bits per heavy atom. The summed E-state index contributed by atoms with van der Waals surface area (Å²) in [7, 11) is 1.49. The fraction of sp³-hybridized carbons (Fsp3) is 0.435. The zero-order valence-corrected chi connectivity index (χ0v) is 18.4. The molecule has 0 amide bonds. The van der Waals surface area contributed by atoms with Crippen molar-refractivity contribution in [2.45, 2.75) is 44.1 Å². The van der Waals surface area contributed by atoms with Crippen LogP contribution in [0.25, 0.3) is 0 Å². The van der Waals surface area contributed by atoms with Crippen molar-refractivity contribution in [3.63, 3.8) is 0 Å². The average Bonchev–Trinajstić information content (AvgIpc) is 2.91. The number of likely N-dealkylation sites (tertiary alicyclic amines) is 1. The van der Waals surface area contributed by atoms with Crippen LogP contribution in [0, 0.1) is 5.41 Å². The van der Waals surface area contributed by atoms with Crippen molar-refractivity contribution in [1.29, 1.82) is 0 Å². The normalized spacial score (nSPS) is 23.1. The number of hydrogen-bond acceptors (Lipinski definition) is 3. The van der Waals surface area contributed by atoms with E-state index in [1.807, 2.05) is 30.3 Å². The first-order chi connectivity index (χ1) is 12.8. The Morgan fingerprint density at radius 3 is 2.26 bits per heavy atom. The molecule has 1 aliphatic heterocycles. The Morgan fingerprint density at radius 2 is 1.67 bits per heavy atom. The molecular formula is C23H29NO2Se. The Labute approximate surface area is 169 Å². The number of hydrogen-bond donors (Lipinski definition) is 0. The van der Waals surface area contributed by atoms with Gasteiger partial charge >= 0.3 is 169 Å². The molecule has 0 saturated carbocycles. The second-order valence-corrected chi connectivity index (χ2v) is 10.6. The second kappa shape index (κ2) is 8.18. The minimum absolute atomic E-state index is 0.0337. The summed E-state index contributed by atoms with van der Waals surface area (Å²) in [4.78, 5) is 15.2.